The van der Waals surface area contributed by atoms with Crippen LogP contribution in [-0.4, -0.2) is 25.6 Å². The van der Waals surface area contributed by atoms with Crippen molar-refractivity contribution in [3.05, 3.63) is 70.8 Å². The summed E-state index contributed by atoms with van der Waals surface area (Å²) in [5, 5.41) is 17.9. The van der Waals surface area contributed by atoms with E-state index in [1.54, 1.807) is 29.2 Å². The van der Waals surface area contributed by atoms with Gasteiger partial charge in [-0.25, -0.2) is 0 Å². The highest BCUT2D eigenvalue weighted by Crippen LogP contribution is 2.29. The number of hydrogen-bond donors (Lipinski definition) is 1. The molecule has 0 atom stereocenters. The summed E-state index contributed by atoms with van der Waals surface area (Å²) in [6, 6.07) is 7.46. The van der Waals surface area contributed by atoms with Crippen molar-refractivity contribution in [1.82, 2.24) is 14.8 Å². The molecule has 1 N–H and O–H groups in total. The average molecular weight is 367 g/mol. The summed E-state index contributed by atoms with van der Waals surface area (Å²) in [7, 11) is 0. The summed E-state index contributed by atoms with van der Waals surface area (Å²) in [6.45, 7) is 2.32. The highest BCUT2D eigenvalue weighted by Gasteiger charge is 2.13. The van der Waals surface area contributed by atoms with Gasteiger partial charge in [-0.1, -0.05) is 0 Å². The molecule has 1 amide bonds. The number of rotatable bonds is 7. The number of non-ortho nitro benzene ring substituents is 1. The Balaban J connectivity index is 1.71. The molecule has 0 aliphatic heterocycles. The lowest BCUT2D eigenvalue weighted by Crippen LogP contribution is -2.15. The Hall–Kier alpha value is -3.75. The van der Waals surface area contributed by atoms with Gasteiger partial charge in [-0.2, -0.15) is 5.10 Å². The molecule has 0 spiro atoms. The fourth-order valence-electron chi connectivity index (χ4n) is 2.39. The van der Waals surface area contributed by atoms with Gasteiger partial charge < -0.3 is 10.1 Å². The number of hydrogen-bond acceptors (Lipinski definition) is 6. The van der Waals surface area contributed by atoms with Gasteiger partial charge in [0.25, 0.3) is 5.69 Å². The molecule has 138 valence electrons. The molecular formula is C18H17N5O4. The Morgan fingerprint density at radius 1 is 1.30 bits per heavy atom. The summed E-state index contributed by atoms with van der Waals surface area (Å²) in [5.74, 6) is 0.385. The van der Waals surface area contributed by atoms with Gasteiger partial charge in [0.1, 0.15) is 11.5 Å². The number of aromatic nitrogens is 3. The number of carbonyl (C=O) groups is 1. The molecule has 0 radical (unpaired) electrons. The van der Waals surface area contributed by atoms with E-state index in [4.69, 9.17) is 4.74 Å². The van der Waals surface area contributed by atoms with E-state index in [1.165, 1.54) is 24.4 Å². The molecule has 2 heterocycles. The summed E-state index contributed by atoms with van der Waals surface area (Å²) in [5.41, 5.74) is 1.10. The highest BCUT2D eigenvalue weighted by atomic mass is 16.6. The molecule has 0 fully saturated rings. The Kier molecular flexibility index (Phi) is 5.41. The molecule has 9 heteroatoms. The van der Waals surface area contributed by atoms with Gasteiger partial charge in [0.2, 0.25) is 5.91 Å². The Bertz CT molecular complexity index is 955. The van der Waals surface area contributed by atoms with E-state index in [2.05, 4.69) is 15.4 Å². The van der Waals surface area contributed by atoms with Gasteiger partial charge in [0.05, 0.1) is 29.1 Å². The summed E-state index contributed by atoms with van der Waals surface area (Å²) < 4.78 is 7.26. The van der Waals surface area contributed by atoms with E-state index in [-0.39, 0.29) is 29.5 Å². The Morgan fingerprint density at radius 2 is 2.15 bits per heavy atom. The Morgan fingerprint density at radius 3 is 2.81 bits per heavy atom. The van der Waals surface area contributed by atoms with Crippen molar-refractivity contribution in [2.45, 2.75) is 19.9 Å². The zero-order chi connectivity index (χ0) is 19.2. The standard InChI is InChI=1S/C18H17N5O4/c1-13-10-20-22(12-13)6-4-18(24)21-14-7-15(23(25)26)9-17(8-14)27-16-3-2-5-19-11-16/h2-3,5,7-12H,4,6H2,1H3,(H,21,24). The van der Waals surface area contributed by atoms with Crippen LogP contribution in [0.4, 0.5) is 11.4 Å². The van der Waals surface area contributed by atoms with Crippen LogP contribution in [0.5, 0.6) is 11.5 Å². The van der Waals surface area contributed by atoms with Crippen LogP contribution in [0.25, 0.3) is 0 Å². The van der Waals surface area contributed by atoms with E-state index in [0.29, 0.717) is 12.3 Å². The summed E-state index contributed by atoms with van der Waals surface area (Å²) in [6.07, 6.45) is 6.81. The molecule has 0 saturated carbocycles. The molecule has 2 aromatic heterocycles. The number of amides is 1. The number of carbonyl (C=O) groups excluding carboxylic acids is 1. The number of aryl methyl sites for hydroxylation is 2. The summed E-state index contributed by atoms with van der Waals surface area (Å²) in [4.78, 5) is 26.7. The third-order valence-corrected chi connectivity index (χ3v) is 3.59. The van der Waals surface area contributed by atoms with Gasteiger partial charge >= 0.3 is 0 Å². The molecule has 0 unspecified atom stereocenters. The SMILES string of the molecule is Cc1cnn(CCC(=O)Nc2cc(Oc3cccnc3)cc([N+](=O)[O-])c2)c1. The van der Waals surface area contributed by atoms with Crippen LogP contribution in [0, 0.1) is 17.0 Å². The molecule has 9 nitrogen and oxygen atoms in total. The fraction of sp³-hybridized carbons (Fsp3) is 0.167. The van der Waals surface area contributed by atoms with Crippen molar-refractivity contribution in [3.8, 4) is 11.5 Å². The lowest BCUT2D eigenvalue weighted by molar-refractivity contribution is -0.384. The molecule has 0 bridgehead atoms. The highest BCUT2D eigenvalue weighted by molar-refractivity contribution is 5.91. The van der Waals surface area contributed by atoms with Crippen LogP contribution in [0.2, 0.25) is 0 Å². The third-order valence-electron chi connectivity index (χ3n) is 3.59. The molecule has 3 aromatic rings. The van der Waals surface area contributed by atoms with Crippen LogP contribution in [0.15, 0.2) is 55.1 Å². The first-order valence-electron chi connectivity index (χ1n) is 8.16. The molecule has 27 heavy (non-hydrogen) atoms. The zero-order valence-electron chi connectivity index (χ0n) is 14.5. The second kappa shape index (κ2) is 8.09. The summed E-state index contributed by atoms with van der Waals surface area (Å²) >= 11 is 0. The van der Waals surface area contributed by atoms with E-state index >= 15 is 0 Å². The van der Waals surface area contributed by atoms with E-state index in [1.807, 2.05) is 13.1 Å². The average Bonchev–Trinajstić information content (AvgIpc) is 3.06. The normalized spacial score (nSPS) is 10.4. The van der Waals surface area contributed by atoms with Crippen molar-refractivity contribution in [1.29, 1.82) is 0 Å². The van der Waals surface area contributed by atoms with Crippen molar-refractivity contribution in [2.75, 3.05) is 5.32 Å². The van der Waals surface area contributed by atoms with Crippen molar-refractivity contribution < 1.29 is 14.5 Å². The zero-order valence-corrected chi connectivity index (χ0v) is 14.5. The first kappa shape index (κ1) is 18.1. The minimum atomic E-state index is -0.543. The third kappa shape index (κ3) is 5.11. The van der Waals surface area contributed by atoms with Crippen LogP contribution in [0.1, 0.15) is 12.0 Å². The smallest absolute Gasteiger partial charge is 0.275 e. The van der Waals surface area contributed by atoms with Crippen LogP contribution in [-0.2, 0) is 11.3 Å². The molecule has 0 saturated heterocycles. The molecular weight excluding hydrogens is 350 g/mol. The Labute approximate surface area is 154 Å². The van der Waals surface area contributed by atoms with Gasteiger partial charge in [-0.3, -0.25) is 24.6 Å². The predicted molar refractivity (Wildman–Crippen MR) is 97.6 cm³/mol. The fourth-order valence-corrected chi connectivity index (χ4v) is 2.39. The van der Waals surface area contributed by atoms with E-state index < -0.39 is 4.92 Å². The lowest BCUT2D eigenvalue weighted by atomic mass is 10.2. The number of nitrogens with zero attached hydrogens (tertiary/aromatic N) is 4. The lowest BCUT2D eigenvalue weighted by Gasteiger charge is -2.09. The number of anilines is 1. The van der Waals surface area contributed by atoms with E-state index in [0.717, 1.165) is 5.56 Å². The number of benzene rings is 1. The maximum Gasteiger partial charge on any atom is 0.275 e. The maximum absolute atomic E-state index is 12.2. The predicted octanol–water partition coefficient (Wildman–Crippen LogP) is 3.32. The molecule has 0 aliphatic rings. The van der Waals surface area contributed by atoms with Gasteiger partial charge in [-0.15, -0.1) is 0 Å². The largest absolute Gasteiger partial charge is 0.455 e. The maximum atomic E-state index is 12.2. The molecule has 1 aromatic carbocycles. The van der Waals surface area contributed by atoms with Crippen molar-refractivity contribution in [3.63, 3.8) is 0 Å². The molecule has 3 rings (SSSR count). The van der Waals surface area contributed by atoms with Gasteiger partial charge in [-0.05, 0) is 24.6 Å². The second-order valence-electron chi connectivity index (χ2n) is 5.84. The van der Waals surface area contributed by atoms with E-state index in [9.17, 15) is 14.9 Å². The second-order valence-corrected chi connectivity index (χ2v) is 5.84. The van der Waals surface area contributed by atoms with Crippen LogP contribution >= 0.6 is 0 Å². The van der Waals surface area contributed by atoms with Crippen molar-refractivity contribution in [2.24, 2.45) is 0 Å². The number of nitro groups is 1. The van der Waals surface area contributed by atoms with Crippen LogP contribution < -0.4 is 10.1 Å². The molecule has 0 aliphatic carbocycles. The number of nitro benzene ring substituents is 1. The first-order chi connectivity index (χ1) is 13.0. The minimum Gasteiger partial charge on any atom is -0.455 e. The van der Waals surface area contributed by atoms with Gasteiger partial charge in [0, 0.05) is 37.5 Å². The first-order valence-corrected chi connectivity index (χ1v) is 8.16. The van der Waals surface area contributed by atoms with Crippen LogP contribution in [0.3, 0.4) is 0 Å². The quantitative estimate of drug-likeness (QED) is 0.506. The number of ether oxygens (including phenoxy) is 1. The monoisotopic (exact) mass is 367 g/mol. The van der Waals surface area contributed by atoms with Gasteiger partial charge in [0.15, 0.2) is 0 Å². The minimum absolute atomic E-state index is 0.183. The number of pyridine rings is 1. The van der Waals surface area contributed by atoms with Crippen molar-refractivity contribution >= 4 is 17.3 Å². The number of nitrogens with one attached hydrogen (secondary N) is 1. The topological polar surface area (TPSA) is 112 Å².